The second kappa shape index (κ2) is 16.3. The molecule has 0 heterocycles. The third kappa shape index (κ3) is 16.8. The Morgan fingerprint density at radius 2 is 1.25 bits per heavy atom. The van der Waals surface area contributed by atoms with Crippen molar-refractivity contribution < 1.29 is 19.1 Å². The number of hydrogen-bond donors (Lipinski definition) is 0. The van der Waals surface area contributed by atoms with Gasteiger partial charge in [-0.2, -0.15) is 0 Å². The molecule has 0 aliphatic rings. The summed E-state index contributed by atoms with van der Waals surface area (Å²) in [5.74, 6) is -1.03. The highest BCUT2D eigenvalue weighted by molar-refractivity contribution is 5.91. The predicted molar refractivity (Wildman–Crippen MR) is 97.7 cm³/mol. The van der Waals surface area contributed by atoms with Crippen LogP contribution in [0.3, 0.4) is 0 Å². The van der Waals surface area contributed by atoms with Crippen molar-refractivity contribution in [3.8, 4) is 0 Å². The number of allylic oxidation sites excluding steroid dienone is 1. The molecule has 4 nitrogen and oxygen atoms in total. The van der Waals surface area contributed by atoms with E-state index in [4.69, 9.17) is 9.47 Å². The average Bonchev–Trinajstić information content (AvgIpc) is 2.54. The quantitative estimate of drug-likeness (QED) is 0.191. The Hall–Kier alpha value is -1.58. The van der Waals surface area contributed by atoms with Gasteiger partial charge in [-0.15, -0.1) is 0 Å². The number of rotatable bonds is 14. The van der Waals surface area contributed by atoms with Gasteiger partial charge in [0.1, 0.15) is 6.61 Å². The lowest BCUT2D eigenvalue weighted by Crippen LogP contribution is -2.05. The largest absolute Gasteiger partial charge is 0.463 e. The topological polar surface area (TPSA) is 52.6 Å². The third-order valence-electron chi connectivity index (χ3n) is 3.56. The minimum absolute atomic E-state index is 0.221. The van der Waals surface area contributed by atoms with Crippen LogP contribution in [0.5, 0.6) is 0 Å². The zero-order chi connectivity index (χ0) is 18.0. The molecule has 0 unspecified atom stereocenters. The number of carbonyl (C=O) groups excluding carboxylic acids is 2. The summed E-state index contributed by atoms with van der Waals surface area (Å²) in [4.78, 5) is 22.8. The fourth-order valence-electron chi connectivity index (χ4n) is 2.11. The highest BCUT2D eigenvalue weighted by Crippen LogP contribution is 2.09. The lowest BCUT2D eigenvalue weighted by molar-refractivity contribution is -0.140. The maximum atomic E-state index is 11.4. The maximum Gasteiger partial charge on any atom is 0.331 e. The predicted octanol–water partition coefficient (Wildman–Crippen LogP) is 5.13. The molecule has 0 aromatic carbocycles. The van der Waals surface area contributed by atoms with Crippen molar-refractivity contribution in [1.82, 2.24) is 0 Å². The molecule has 24 heavy (non-hydrogen) atoms. The SMILES string of the molecule is CCCCCCCCCCCOC(=O)/C=C/C(=O)OCC=C(C)C. The van der Waals surface area contributed by atoms with Gasteiger partial charge >= 0.3 is 11.9 Å². The van der Waals surface area contributed by atoms with Crippen LogP contribution in [-0.2, 0) is 19.1 Å². The van der Waals surface area contributed by atoms with Crippen molar-refractivity contribution in [3.63, 3.8) is 0 Å². The number of esters is 2. The smallest absolute Gasteiger partial charge is 0.331 e. The van der Waals surface area contributed by atoms with Gasteiger partial charge in [0.25, 0.3) is 0 Å². The normalized spacial score (nSPS) is 10.6. The first-order valence-electron chi connectivity index (χ1n) is 9.21. The molecule has 0 aromatic heterocycles. The van der Waals surface area contributed by atoms with E-state index in [0.29, 0.717) is 6.61 Å². The van der Waals surface area contributed by atoms with Gasteiger partial charge in [-0.05, 0) is 26.3 Å². The molecule has 0 spiro atoms. The lowest BCUT2D eigenvalue weighted by Gasteiger charge is -2.03. The van der Waals surface area contributed by atoms with Crippen LogP contribution >= 0.6 is 0 Å². The Balaban J connectivity index is 3.50. The summed E-state index contributed by atoms with van der Waals surface area (Å²) >= 11 is 0. The van der Waals surface area contributed by atoms with Gasteiger partial charge in [0.2, 0.25) is 0 Å². The second-order valence-corrected chi connectivity index (χ2v) is 6.24. The van der Waals surface area contributed by atoms with Gasteiger partial charge < -0.3 is 9.47 Å². The Bertz CT molecular complexity index is 392. The summed E-state index contributed by atoms with van der Waals surface area (Å²) in [6.07, 6.45) is 15.0. The van der Waals surface area contributed by atoms with E-state index in [1.807, 2.05) is 13.8 Å². The first-order valence-corrected chi connectivity index (χ1v) is 9.21. The summed E-state index contributed by atoms with van der Waals surface area (Å²) in [6, 6.07) is 0. The van der Waals surface area contributed by atoms with Gasteiger partial charge in [-0.3, -0.25) is 0 Å². The van der Waals surface area contributed by atoms with Crippen LogP contribution in [-0.4, -0.2) is 25.2 Å². The standard InChI is InChI=1S/C20H34O4/c1-4-5-6-7-8-9-10-11-12-16-23-19(21)13-14-20(22)24-17-15-18(2)3/h13-15H,4-12,16-17H2,1-3H3/b14-13+. The van der Waals surface area contributed by atoms with Gasteiger partial charge in [-0.1, -0.05) is 63.9 Å². The third-order valence-corrected chi connectivity index (χ3v) is 3.56. The van der Waals surface area contributed by atoms with Crippen molar-refractivity contribution in [3.05, 3.63) is 23.8 Å². The zero-order valence-corrected chi connectivity index (χ0v) is 15.6. The minimum Gasteiger partial charge on any atom is -0.463 e. The molecule has 0 atom stereocenters. The van der Waals surface area contributed by atoms with Crippen molar-refractivity contribution in [1.29, 1.82) is 0 Å². The fraction of sp³-hybridized carbons (Fsp3) is 0.700. The zero-order valence-electron chi connectivity index (χ0n) is 15.6. The molecule has 4 heteroatoms. The van der Waals surface area contributed by atoms with Crippen LogP contribution in [0, 0.1) is 0 Å². The van der Waals surface area contributed by atoms with Gasteiger partial charge in [0.15, 0.2) is 0 Å². The van der Waals surface area contributed by atoms with Crippen LogP contribution in [0.1, 0.15) is 78.6 Å². The fourth-order valence-corrected chi connectivity index (χ4v) is 2.11. The van der Waals surface area contributed by atoms with Crippen LogP contribution < -0.4 is 0 Å². The van der Waals surface area contributed by atoms with E-state index in [0.717, 1.165) is 30.6 Å². The van der Waals surface area contributed by atoms with Gasteiger partial charge in [-0.25, -0.2) is 9.59 Å². The van der Waals surface area contributed by atoms with E-state index in [1.54, 1.807) is 6.08 Å². The van der Waals surface area contributed by atoms with E-state index in [1.165, 1.54) is 44.9 Å². The average molecular weight is 338 g/mol. The van der Waals surface area contributed by atoms with Crippen LogP contribution in [0.15, 0.2) is 23.8 Å². The monoisotopic (exact) mass is 338 g/mol. The molecule has 0 rings (SSSR count). The molecule has 0 amide bonds. The van der Waals surface area contributed by atoms with E-state index in [-0.39, 0.29) is 6.61 Å². The van der Waals surface area contributed by atoms with Crippen molar-refractivity contribution in [2.24, 2.45) is 0 Å². The summed E-state index contributed by atoms with van der Waals surface area (Å²) in [6.45, 7) is 6.70. The molecule has 0 aliphatic heterocycles. The van der Waals surface area contributed by atoms with Crippen molar-refractivity contribution in [2.75, 3.05) is 13.2 Å². The molecule has 0 saturated heterocycles. The summed E-state index contributed by atoms with van der Waals surface area (Å²) < 4.78 is 9.95. The molecule has 0 aromatic rings. The maximum absolute atomic E-state index is 11.4. The first-order chi connectivity index (χ1) is 11.6. The molecule has 0 radical (unpaired) electrons. The molecule has 0 saturated carbocycles. The molecule has 138 valence electrons. The highest BCUT2D eigenvalue weighted by atomic mass is 16.5. The van der Waals surface area contributed by atoms with Gasteiger partial charge in [0.05, 0.1) is 6.61 Å². The number of carbonyl (C=O) groups is 2. The Labute approximate surface area is 147 Å². The molecular weight excluding hydrogens is 304 g/mol. The Kier molecular flexibility index (Phi) is 15.2. The van der Waals surface area contributed by atoms with Crippen LogP contribution in [0.4, 0.5) is 0 Å². The molecule has 0 bridgehead atoms. The summed E-state index contributed by atoms with van der Waals surface area (Å²) in [7, 11) is 0. The second-order valence-electron chi connectivity index (χ2n) is 6.24. The molecule has 0 fully saturated rings. The Morgan fingerprint density at radius 1 is 0.750 bits per heavy atom. The van der Waals surface area contributed by atoms with E-state index >= 15 is 0 Å². The summed E-state index contributed by atoms with van der Waals surface area (Å²) in [5, 5.41) is 0. The minimum atomic E-state index is -0.535. The van der Waals surface area contributed by atoms with E-state index in [9.17, 15) is 9.59 Å². The highest BCUT2D eigenvalue weighted by Gasteiger charge is 2.00. The van der Waals surface area contributed by atoms with Crippen LogP contribution in [0.25, 0.3) is 0 Å². The number of hydrogen-bond acceptors (Lipinski definition) is 4. The van der Waals surface area contributed by atoms with Crippen molar-refractivity contribution >= 4 is 11.9 Å². The Morgan fingerprint density at radius 3 is 1.79 bits per heavy atom. The molecular formula is C20H34O4. The number of ether oxygens (including phenoxy) is 2. The molecule has 0 N–H and O–H groups in total. The summed E-state index contributed by atoms with van der Waals surface area (Å²) in [5.41, 5.74) is 1.08. The van der Waals surface area contributed by atoms with E-state index in [2.05, 4.69) is 6.92 Å². The number of unbranched alkanes of at least 4 members (excludes halogenated alkanes) is 8. The van der Waals surface area contributed by atoms with Crippen LogP contribution in [0.2, 0.25) is 0 Å². The van der Waals surface area contributed by atoms with Crippen molar-refractivity contribution in [2.45, 2.75) is 78.6 Å². The first kappa shape index (κ1) is 22.4. The molecule has 0 aliphatic carbocycles. The van der Waals surface area contributed by atoms with E-state index < -0.39 is 11.9 Å². The lowest BCUT2D eigenvalue weighted by atomic mass is 10.1. The van der Waals surface area contributed by atoms with Gasteiger partial charge in [0, 0.05) is 12.2 Å².